The van der Waals surface area contributed by atoms with Gasteiger partial charge in [0, 0.05) is 34.7 Å². The molecule has 4 rings (SSSR count). The molecule has 0 bridgehead atoms. The van der Waals surface area contributed by atoms with Crippen molar-refractivity contribution in [3.8, 4) is 11.3 Å². The maximum absolute atomic E-state index is 12.7. The van der Waals surface area contributed by atoms with Gasteiger partial charge in [0.05, 0.1) is 16.8 Å². The van der Waals surface area contributed by atoms with E-state index in [1.165, 1.54) is 12.1 Å². The van der Waals surface area contributed by atoms with Crippen LogP contribution in [-0.4, -0.2) is 9.97 Å². The quantitative estimate of drug-likeness (QED) is 0.480. The molecule has 0 aliphatic heterocycles. The van der Waals surface area contributed by atoms with E-state index in [1.807, 2.05) is 36.4 Å². The van der Waals surface area contributed by atoms with Crippen LogP contribution in [0.25, 0.3) is 22.2 Å². The Morgan fingerprint density at radius 3 is 2.33 bits per heavy atom. The van der Waals surface area contributed by atoms with Gasteiger partial charge in [-0.05, 0) is 48.5 Å². The lowest BCUT2D eigenvalue weighted by Gasteiger charge is -2.10. The van der Waals surface area contributed by atoms with Crippen molar-refractivity contribution < 1.29 is 13.2 Å². The van der Waals surface area contributed by atoms with Crippen molar-refractivity contribution in [1.29, 1.82) is 0 Å². The molecule has 134 valence electrons. The Morgan fingerprint density at radius 1 is 0.741 bits per heavy atom. The number of aromatic nitrogens is 2. The van der Waals surface area contributed by atoms with Gasteiger partial charge in [0.15, 0.2) is 0 Å². The van der Waals surface area contributed by atoms with Gasteiger partial charge in [0.1, 0.15) is 0 Å². The van der Waals surface area contributed by atoms with Crippen LogP contribution in [0.3, 0.4) is 0 Å². The molecule has 0 aliphatic rings. The lowest BCUT2D eigenvalue weighted by molar-refractivity contribution is -0.137. The van der Waals surface area contributed by atoms with Crippen LogP contribution in [0.15, 0.2) is 79.1 Å². The van der Waals surface area contributed by atoms with Crippen LogP contribution in [0, 0.1) is 0 Å². The third-order valence-corrected chi connectivity index (χ3v) is 4.16. The molecule has 3 nitrogen and oxygen atoms in total. The van der Waals surface area contributed by atoms with Gasteiger partial charge < -0.3 is 5.32 Å². The average Bonchev–Trinajstić information content (AvgIpc) is 2.67. The van der Waals surface area contributed by atoms with E-state index in [9.17, 15) is 13.2 Å². The van der Waals surface area contributed by atoms with Crippen molar-refractivity contribution in [2.75, 3.05) is 5.32 Å². The highest BCUT2D eigenvalue weighted by molar-refractivity contribution is 5.83. The van der Waals surface area contributed by atoms with Crippen molar-refractivity contribution in [1.82, 2.24) is 9.97 Å². The number of fused-ring (bicyclic) bond motifs is 1. The summed E-state index contributed by atoms with van der Waals surface area (Å²) >= 11 is 0. The number of hydrogen-bond donors (Lipinski definition) is 1. The predicted molar refractivity (Wildman–Crippen MR) is 99.7 cm³/mol. The maximum Gasteiger partial charge on any atom is 0.416 e. The molecule has 0 saturated carbocycles. The fourth-order valence-electron chi connectivity index (χ4n) is 2.80. The van der Waals surface area contributed by atoms with E-state index >= 15 is 0 Å². The van der Waals surface area contributed by atoms with Crippen LogP contribution in [0.2, 0.25) is 0 Å². The van der Waals surface area contributed by atoms with Gasteiger partial charge in [-0.3, -0.25) is 9.97 Å². The molecule has 0 amide bonds. The molecule has 0 radical (unpaired) electrons. The Bertz CT molecular complexity index is 1090. The minimum atomic E-state index is -4.34. The zero-order valence-electron chi connectivity index (χ0n) is 14.0. The summed E-state index contributed by atoms with van der Waals surface area (Å²) in [5.74, 6) is 0. The first-order valence-electron chi connectivity index (χ1n) is 8.24. The van der Waals surface area contributed by atoms with Gasteiger partial charge in [0.2, 0.25) is 0 Å². The second-order valence-corrected chi connectivity index (χ2v) is 6.04. The summed E-state index contributed by atoms with van der Waals surface area (Å²) in [6.45, 7) is 0. The largest absolute Gasteiger partial charge is 0.416 e. The lowest BCUT2D eigenvalue weighted by Crippen LogP contribution is -2.04. The minimum absolute atomic E-state index is 0.570. The number of benzene rings is 2. The number of alkyl halides is 3. The summed E-state index contributed by atoms with van der Waals surface area (Å²) in [5, 5.41) is 4.15. The van der Waals surface area contributed by atoms with Gasteiger partial charge in [-0.15, -0.1) is 0 Å². The highest BCUT2D eigenvalue weighted by Gasteiger charge is 2.29. The molecule has 0 atom stereocenters. The van der Waals surface area contributed by atoms with Crippen LogP contribution >= 0.6 is 0 Å². The first-order valence-corrected chi connectivity index (χ1v) is 8.24. The number of pyridine rings is 2. The van der Waals surface area contributed by atoms with Gasteiger partial charge in [0.25, 0.3) is 0 Å². The van der Waals surface area contributed by atoms with Crippen molar-refractivity contribution in [3.63, 3.8) is 0 Å². The Morgan fingerprint density at radius 2 is 1.56 bits per heavy atom. The topological polar surface area (TPSA) is 37.8 Å². The second-order valence-electron chi connectivity index (χ2n) is 6.04. The Labute approximate surface area is 153 Å². The summed E-state index contributed by atoms with van der Waals surface area (Å²) in [4.78, 5) is 8.74. The Balaban J connectivity index is 1.60. The van der Waals surface area contributed by atoms with E-state index in [-0.39, 0.29) is 0 Å². The molecule has 0 saturated heterocycles. The van der Waals surface area contributed by atoms with Gasteiger partial charge >= 0.3 is 6.18 Å². The molecule has 6 heteroatoms. The zero-order valence-corrected chi connectivity index (χ0v) is 14.0. The Hall–Kier alpha value is -3.41. The number of nitrogens with zero attached hydrogens (tertiary/aromatic N) is 2. The molecule has 0 unspecified atom stereocenters. The fourth-order valence-corrected chi connectivity index (χ4v) is 2.80. The number of halogens is 3. The zero-order chi connectivity index (χ0) is 18.9. The average molecular weight is 365 g/mol. The van der Waals surface area contributed by atoms with Crippen molar-refractivity contribution in [3.05, 3.63) is 84.7 Å². The third kappa shape index (κ3) is 3.74. The van der Waals surface area contributed by atoms with Crippen LogP contribution in [0.1, 0.15) is 5.56 Å². The normalized spacial score (nSPS) is 11.5. The molecule has 27 heavy (non-hydrogen) atoms. The summed E-state index contributed by atoms with van der Waals surface area (Å²) in [6, 6.07) is 18.3. The molecule has 2 heterocycles. The van der Waals surface area contributed by atoms with Crippen LogP contribution in [0.5, 0.6) is 0 Å². The fraction of sp³-hybridized carbons (Fsp3) is 0.0476. The monoisotopic (exact) mass is 365 g/mol. The molecule has 4 aromatic rings. The van der Waals surface area contributed by atoms with Gasteiger partial charge in [-0.1, -0.05) is 18.2 Å². The molecule has 1 N–H and O–H groups in total. The summed E-state index contributed by atoms with van der Waals surface area (Å²) in [7, 11) is 0. The van der Waals surface area contributed by atoms with Crippen molar-refractivity contribution in [2.45, 2.75) is 6.18 Å². The Kier molecular flexibility index (Phi) is 4.24. The minimum Gasteiger partial charge on any atom is -0.355 e. The number of nitrogens with one attached hydrogen (secondary N) is 1. The van der Waals surface area contributed by atoms with E-state index in [4.69, 9.17) is 0 Å². The highest BCUT2D eigenvalue weighted by atomic mass is 19.4. The molecule has 0 fully saturated rings. The van der Waals surface area contributed by atoms with E-state index in [2.05, 4.69) is 15.3 Å². The molecule has 0 spiro atoms. The van der Waals surface area contributed by atoms with Crippen LogP contribution in [0.4, 0.5) is 24.5 Å². The van der Waals surface area contributed by atoms with Crippen molar-refractivity contribution in [2.24, 2.45) is 0 Å². The second kappa shape index (κ2) is 6.72. The summed E-state index contributed by atoms with van der Waals surface area (Å²) in [5.41, 5.74) is 3.17. The predicted octanol–water partition coefficient (Wildman–Crippen LogP) is 6.06. The van der Waals surface area contributed by atoms with Crippen LogP contribution < -0.4 is 5.32 Å². The molecular formula is C21H14F3N3. The first-order chi connectivity index (χ1) is 13.0. The lowest BCUT2D eigenvalue weighted by atomic mass is 10.1. The maximum atomic E-state index is 12.7. The molecule has 2 aromatic carbocycles. The molecular weight excluding hydrogens is 351 g/mol. The van der Waals surface area contributed by atoms with E-state index in [0.29, 0.717) is 5.69 Å². The third-order valence-electron chi connectivity index (χ3n) is 4.16. The highest BCUT2D eigenvalue weighted by Crippen LogP contribution is 2.31. The van der Waals surface area contributed by atoms with E-state index in [1.54, 1.807) is 18.5 Å². The van der Waals surface area contributed by atoms with E-state index < -0.39 is 11.7 Å². The number of rotatable bonds is 3. The summed E-state index contributed by atoms with van der Waals surface area (Å²) < 4.78 is 38.0. The molecule has 0 aliphatic carbocycles. The summed E-state index contributed by atoms with van der Waals surface area (Å²) in [6.07, 6.45) is -0.945. The van der Waals surface area contributed by atoms with E-state index in [0.717, 1.165) is 40.0 Å². The molecule has 2 aromatic heterocycles. The number of hydrogen-bond acceptors (Lipinski definition) is 3. The smallest absolute Gasteiger partial charge is 0.355 e. The first kappa shape index (κ1) is 17.0. The number of anilines is 2. The van der Waals surface area contributed by atoms with Gasteiger partial charge in [-0.25, -0.2) is 0 Å². The SMILES string of the molecule is FC(F)(F)c1ccc(Nc2ccnc(-c3ccc4cccnc4c3)c2)cc1. The van der Waals surface area contributed by atoms with Crippen LogP contribution in [-0.2, 0) is 6.18 Å². The van der Waals surface area contributed by atoms with Crippen molar-refractivity contribution >= 4 is 22.3 Å². The standard InChI is InChI=1S/C21H14F3N3/c22-21(23,24)16-5-7-17(8-6-16)27-18-9-11-26-20(13-18)15-4-3-14-2-1-10-25-19(14)12-15/h1-13H,(H,26,27). The van der Waals surface area contributed by atoms with Gasteiger partial charge in [-0.2, -0.15) is 13.2 Å².